The van der Waals surface area contributed by atoms with Crippen LogP contribution in [0.25, 0.3) is 10.9 Å². The molecule has 0 radical (unpaired) electrons. The second kappa shape index (κ2) is 5.91. The van der Waals surface area contributed by atoms with Crippen LogP contribution in [-0.4, -0.2) is 15.9 Å². The Kier molecular flexibility index (Phi) is 3.83. The average Bonchev–Trinajstić information content (AvgIpc) is 2.97. The molecule has 1 N–H and O–H groups in total. The van der Waals surface area contributed by atoms with E-state index in [2.05, 4.69) is 20.9 Å². The maximum absolute atomic E-state index is 13.8. The van der Waals surface area contributed by atoms with Gasteiger partial charge in [0.2, 0.25) is 6.04 Å². The van der Waals surface area contributed by atoms with E-state index in [1.165, 1.54) is 0 Å². The number of aromatic nitrogens is 1. The largest absolute Gasteiger partial charge is 0.361 e. The van der Waals surface area contributed by atoms with Gasteiger partial charge in [0.1, 0.15) is 0 Å². The Morgan fingerprint density at radius 3 is 2.72 bits per heavy atom. The summed E-state index contributed by atoms with van der Waals surface area (Å²) in [6.07, 6.45) is 2.62. The van der Waals surface area contributed by atoms with E-state index in [9.17, 15) is 18.9 Å². The fraction of sp³-hybridized carbons (Fsp3) is 0.222. The number of rotatable bonds is 2. The minimum absolute atomic E-state index is 0.271. The quantitative estimate of drug-likeness (QED) is 0.484. The van der Waals surface area contributed by atoms with Crippen molar-refractivity contribution in [3.63, 3.8) is 0 Å². The molecule has 1 aromatic heterocycles. The SMILES string of the molecule is O=[N+]([O-])[C@H]1CCc2c(Br)cccc2[C@@H]1c1c[nH]c2cc(F)c(F)cc12. The van der Waals surface area contributed by atoms with Crippen LogP contribution in [0.4, 0.5) is 8.78 Å². The van der Waals surface area contributed by atoms with Crippen LogP contribution in [0.3, 0.4) is 0 Å². The van der Waals surface area contributed by atoms with E-state index < -0.39 is 23.6 Å². The van der Waals surface area contributed by atoms with Crippen LogP contribution in [-0.2, 0) is 6.42 Å². The Labute approximate surface area is 150 Å². The summed E-state index contributed by atoms with van der Waals surface area (Å²) < 4.78 is 28.2. The van der Waals surface area contributed by atoms with Gasteiger partial charge in [-0.3, -0.25) is 10.1 Å². The van der Waals surface area contributed by atoms with Gasteiger partial charge in [-0.05, 0) is 35.2 Å². The first kappa shape index (κ1) is 16.2. The molecule has 3 aromatic rings. The zero-order chi connectivity index (χ0) is 17.7. The molecular formula is C18H13BrF2N2O2. The van der Waals surface area contributed by atoms with Crippen molar-refractivity contribution < 1.29 is 13.7 Å². The van der Waals surface area contributed by atoms with Crippen LogP contribution in [0, 0.1) is 21.7 Å². The summed E-state index contributed by atoms with van der Waals surface area (Å²) in [5, 5.41) is 12.1. The summed E-state index contributed by atoms with van der Waals surface area (Å²) in [4.78, 5) is 14.3. The Balaban J connectivity index is 1.97. The highest BCUT2D eigenvalue weighted by Gasteiger charge is 2.40. The van der Waals surface area contributed by atoms with E-state index in [1.807, 2.05) is 18.2 Å². The molecule has 4 nitrogen and oxygen atoms in total. The number of fused-ring (bicyclic) bond motifs is 2. The van der Waals surface area contributed by atoms with Crippen LogP contribution in [0.1, 0.15) is 29.0 Å². The molecule has 25 heavy (non-hydrogen) atoms. The van der Waals surface area contributed by atoms with E-state index in [1.54, 1.807) is 6.20 Å². The highest BCUT2D eigenvalue weighted by atomic mass is 79.9. The van der Waals surface area contributed by atoms with Crippen LogP contribution in [0.15, 0.2) is 41.0 Å². The molecule has 0 fully saturated rings. The monoisotopic (exact) mass is 406 g/mol. The number of aromatic amines is 1. The summed E-state index contributed by atoms with van der Waals surface area (Å²) in [5.74, 6) is -2.43. The Morgan fingerprint density at radius 1 is 1.20 bits per heavy atom. The first-order chi connectivity index (χ1) is 12.0. The highest BCUT2D eigenvalue weighted by Crippen LogP contribution is 2.43. The molecule has 2 atom stereocenters. The molecule has 4 rings (SSSR count). The summed E-state index contributed by atoms with van der Waals surface area (Å²) in [6.45, 7) is 0. The average molecular weight is 407 g/mol. The normalized spacial score (nSPS) is 19.8. The minimum Gasteiger partial charge on any atom is -0.361 e. The highest BCUT2D eigenvalue weighted by molar-refractivity contribution is 9.10. The van der Waals surface area contributed by atoms with Gasteiger partial charge in [0, 0.05) is 39.0 Å². The van der Waals surface area contributed by atoms with E-state index in [4.69, 9.17) is 0 Å². The first-order valence-electron chi connectivity index (χ1n) is 7.84. The number of nitrogens with zero attached hydrogens (tertiary/aromatic N) is 1. The molecule has 1 heterocycles. The van der Waals surface area contributed by atoms with Crippen LogP contribution in [0.5, 0.6) is 0 Å². The number of halogens is 3. The fourth-order valence-corrected chi connectivity index (χ4v) is 4.37. The third kappa shape index (κ3) is 2.54. The zero-order valence-corrected chi connectivity index (χ0v) is 14.5. The van der Waals surface area contributed by atoms with Gasteiger partial charge >= 0.3 is 0 Å². The molecular weight excluding hydrogens is 394 g/mol. The van der Waals surface area contributed by atoms with Crippen molar-refractivity contribution in [3.8, 4) is 0 Å². The number of hydrogen-bond acceptors (Lipinski definition) is 2. The Morgan fingerprint density at radius 2 is 1.96 bits per heavy atom. The molecule has 0 aliphatic heterocycles. The molecule has 0 bridgehead atoms. The fourth-order valence-electron chi connectivity index (χ4n) is 3.79. The number of H-pyrrole nitrogens is 1. The van der Waals surface area contributed by atoms with Crippen LogP contribution >= 0.6 is 15.9 Å². The van der Waals surface area contributed by atoms with Crippen molar-refractivity contribution in [1.29, 1.82) is 0 Å². The number of nitrogens with one attached hydrogen (secondary N) is 1. The molecule has 128 valence electrons. The van der Waals surface area contributed by atoms with Crippen molar-refractivity contribution >= 4 is 26.8 Å². The van der Waals surface area contributed by atoms with Crippen LogP contribution in [0.2, 0.25) is 0 Å². The predicted octanol–water partition coefficient (Wildman–Crippen LogP) is 4.93. The molecule has 0 unspecified atom stereocenters. The van der Waals surface area contributed by atoms with Gasteiger partial charge in [-0.15, -0.1) is 0 Å². The van der Waals surface area contributed by atoms with Gasteiger partial charge in [-0.1, -0.05) is 28.1 Å². The van der Waals surface area contributed by atoms with Crippen molar-refractivity contribution in [2.24, 2.45) is 0 Å². The molecule has 0 saturated carbocycles. The van der Waals surface area contributed by atoms with Crippen molar-refractivity contribution in [2.75, 3.05) is 0 Å². The molecule has 0 amide bonds. The number of hydrogen-bond donors (Lipinski definition) is 1. The first-order valence-corrected chi connectivity index (χ1v) is 8.63. The third-order valence-corrected chi connectivity index (χ3v) is 5.67. The Bertz CT molecular complexity index is 1000. The third-order valence-electron chi connectivity index (χ3n) is 4.93. The second-order valence-electron chi connectivity index (χ2n) is 6.23. The lowest BCUT2D eigenvalue weighted by Gasteiger charge is -2.29. The topological polar surface area (TPSA) is 58.9 Å². The summed E-state index contributed by atoms with van der Waals surface area (Å²) in [6, 6.07) is 7.01. The van der Waals surface area contributed by atoms with Crippen molar-refractivity contribution in [3.05, 3.63) is 79.4 Å². The standard InChI is InChI=1S/C18H13BrF2N2O2/c19-13-3-1-2-10-9(13)4-5-17(23(24)25)18(10)12-8-22-16-7-15(21)14(20)6-11(12)16/h1-3,6-8,17-18,22H,4-5H2/t17-,18+/m0/s1. The lowest BCUT2D eigenvalue weighted by Crippen LogP contribution is -2.33. The predicted molar refractivity (Wildman–Crippen MR) is 93.3 cm³/mol. The minimum atomic E-state index is -0.962. The number of nitro groups is 1. The molecule has 1 aliphatic rings. The van der Waals surface area contributed by atoms with Gasteiger partial charge < -0.3 is 4.98 Å². The van der Waals surface area contributed by atoms with Crippen molar-refractivity contribution in [2.45, 2.75) is 24.8 Å². The van der Waals surface area contributed by atoms with Gasteiger partial charge in [0.15, 0.2) is 11.6 Å². The van der Waals surface area contributed by atoms with Crippen molar-refractivity contribution in [1.82, 2.24) is 4.98 Å². The van der Waals surface area contributed by atoms with Gasteiger partial charge in [0.25, 0.3) is 0 Å². The lowest BCUT2D eigenvalue weighted by atomic mass is 9.76. The molecule has 7 heteroatoms. The smallest absolute Gasteiger partial charge is 0.224 e. The Hall–Kier alpha value is -2.28. The molecule has 1 aliphatic carbocycles. The molecule has 0 saturated heterocycles. The van der Waals surface area contributed by atoms with Gasteiger partial charge in [-0.25, -0.2) is 8.78 Å². The van der Waals surface area contributed by atoms with E-state index in [-0.39, 0.29) is 4.92 Å². The van der Waals surface area contributed by atoms with E-state index in [0.717, 1.165) is 27.7 Å². The lowest BCUT2D eigenvalue weighted by molar-refractivity contribution is -0.526. The summed E-state index contributed by atoms with van der Waals surface area (Å²) in [7, 11) is 0. The second-order valence-corrected chi connectivity index (χ2v) is 7.09. The summed E-state index contributed by atoms with van der Waals surface area (Å²) in [5.41, 5.74) is 2.93. The maximum atomic E-state index is 13.8. The van der Waals surface area contributed by atoms with Gasteiger partial charge in [-0.2, -0.15) is 0 Å². The summed E-state index contributed by atoms with van der Waals surface area (Å²) >= 11 is 3.51. The van der Waals surface area contributed by atoms with Crippen LogP contribution < -0.4 is 0 Å². The number of benzene rings is 2. The zero-order valence-electron chi connectivity index (χ0n) is 12.9. The van der Waals surface area contributed by atoms with E-state index in [0.29, 0.717) is 29.3 Å². The van der Waals surface area contributed by atoms with E-state index >= 15 is 0 Å². The molecule has 0 spiro atoms. The van der Waals surface area contributed by atoms with Gasteiger partial charge in [0.05, 0.1) is 5.92 Å². The maximum Gasteiger partial charge on any atom is 0.224 e. The molecule has 2 aromatic carbocycles.